The SMILES string of the molecule is CC(=O)c1ccc(C(=O)N2CCC[C@H](COc3ccc(F)cc3)C2)cc1. The van der Waals surface area contributed by atoms with E-state index in [0.717, 1.165) is 19.4 Å². The van der Waals surface area contributed by atoms with Gasteiger partial charge in [-0.15, -0.1) is 0 Å². The van der Waals surface area contributed by atoms with Gasteiger partial charge in [-0.25, -0.2) is 4.39 Å². The van der Waals surface area contributed by atoms with Crippen LogP contribution in [0, 0.1) is 11.7 Å². The van der Waals surface area contributed by atoms with Gasteiger partial charge in [-0.05, 0) is 56.2 Å². The van der Waals surface area contributed by atoms with Gasteiger partial charge >= 0.3 is 0 Å². The van der Waals surface area contributed by atoms with Crippen molar-refractivity contribution in [2.45, 2.75) is 19.8 Å². The number of ether oxygens (including phenoxy) is 1. The molecule has 1 heterocycles. The third-order valence-electron chi connectivity index (χ3n) is 4.64. The van der Waals surface area contributed by atoms with E-state index >= 15 is 0 Å². The van der Waals surface area contributed by atoms with Crippen molar-refractivity contribution in [1.29, 1.82) is 0 Å². The first-order valence-electron chi connectivity index (χ1n) is 8.81. The van der Waals surface area contributed by atoms with Crippen LogP contribution in [-0.4, -0.2) is 36.3 Å². The predicted molar refractivity (Wildman–Crippen MR) is 97.0 cm³/mol. The van der Waals surface area contributed by atoms with Crippen molar-refractivity contribution in [2.24, 2.45) is 5.92 Å². The van der Waals surface area contributed by atoms with E-state index in [9.17, 15) is 14.0 Å². The Morgan fingerprint density at radius 1 is 1.08 bits per heavy atom. The van der Waals surface area contributed by atoms with Crippen LogP contribution in [0.25, 0.3) is 0 Å². The molecule has 0 bridgehead atoms. The number of ketones is 1. The summed E-state index contributed by atoms with van der Waals surface area (Å²) in [6.07, 6.45) is 1.92. The highest BCUT2D eigenvalue weighted by Crippen LogP contribution is 2.21. The summed E-state index contributed by atoms with van der Waals surface area (Å²) >= 11 is 0. The Balaban J connectivity index is 1.57. The lowest BCUT2D eigenvalue weighted by atomic mass is 9.98. The molecule has 1 amide bonds. The third-order valence-corrected chi connectivity index (χ3v) is 4.64. The van der Waals surface area contributed by atoms with Crippen LogP contribution in [0.3, 0.4) is 0 Å². The van der Waals surface area contributed by atoms with Crippen molar-refractivity contribution in [3.8, 4) is 5.75 Å². The maximum absolute atomic E-state index is 12.9. The van der Waals surface area contributed by atoms with E-state index in [0.29, 0.717) is 30.0 Å². The third kappa shape index (κ3) is 4.48. The van der Waals surface area contributed by atoms with Gasteiger partial charge in [0.25, 0.3) is 5.91 Å². The van der Waals surface area contributed by atoms with Crippen molar-refractivity contribution in [3.63, 3.8) is 0 Å². The minimum absolute atomic E-state index is 0.0139. The minimum atomic E-state index is -0.289. The molecule has 0 unspecified atom stereocenters. The lowest BCUT2D eigenvalue weighted by molar-refractivity contribution is 0.0633. The Bertz CT molecular complexity index is 771. The number of carbonyl (C=O) groups excluding carboxylic acids is 2. The second kappa shape index (κ2) is 8.13. The Labute approximate surface area is 152 Å². The fourth-order valence-corrected chi connectivity index (χ4v) is 3.16. The molecule has 0 aliphatic carbocycles. The maximum atomic E-state index is 12.9. The molecule has 4 nitrogen and oxygen atoms in total. The molecule has 5 heteroatoms. The molecule has 0 aromatic heterocycles. The fraction of sp³-hybridized carbons (Fsp3) is 0.333. The average molecular weight is 355 g/mol. The molecule has 1 saturated heterocycles. The van der Waals surface area contributed by atoms with Crippen LogP contribution in [0.1, 0.15) is 40.5 Å². The summed E-state index contributed by atoms with van der Waals surface area (Å²) in [6.45, 7) is 3.36. The summed E-state index contributed by atoms with van der Waals surface area (Å²) in [5.74, 6) is 0.554. The highest BCUT2D eigenvalue weighted by atomic mass is 19.1. The molecule has 1 atom stereocenters. The van der Waals surface area contributed by atoms with Gasteiger partial charge in [0.1, 0.15) is 11.6 Å². The lowest BCUT2D eigenvalue weighted by Crippen LogP contribution is -2.41. The Morgan fingerprint density at radius 3 is 2.38 bits per heavy atom. The van der Waals surface area contributed by atoms with E-state index in [4.69, 9.17) is 4.74 Å². The first-order chi connectivity index (χ1) is 12.5. The molecule has 1 fully saturated rings. The van der Waals surface area contributed by atoms with Crippen molar-refractivity contribution in [1.82, 2.24) is 4.90 Å². The first-order valence-corrected chi connectivity index (χ1v) is 8.81. The number of likely N-dealkylation sites (tertiary alicyclic amines) is 1. The molecular formula is C21H22FNO3. The van der Waals surface area contributed by atoms with E-state index in [1.54, 1.807) is 36.4 Å². The number of halogens is 1. The zero-order chi connectivity index (χ0) is 18.5. The molecule has 0 radical (unpaired) electrons. The number of hydrogen-bond donors (Lipinski definition) is 0. The number of benzene rings is 2. The van der Waals surface area contributed by atoms with Crippen molar-refractivity contribution < 1.29 is 18.7 Å². The van der Waals surface area contributed by atoms with E-state index in [1.807, 2.05) is 4.90 Å². The molecule has 1 aliphatic rings. The molecule has 136 valence electrons. The highest BCUT2D eigenvalue weighted by Gasteiger charge is 2.25. The summed E-state index contributed by atoms with van der Waals surface area (Å²) in [6, 6.07) is 12.8. The average Bonchev–Trinajstić information content (AvgIpc) is 2.67. The molecule has 0 spiro atoms. The quantitative estimate of drug-likeness (QED) is 0.763. The van der Waals surface area contributed by atoms with Gasteiger partial charge in [-0.3, -0.25) is 9.59 Å². The number of rotatable bonds is 5. The smallest absolute Gasteiger partial charge is 0.253 e. The summed E-state index contributed by atoms with van der Waals surface area (Å²) in [4.78, 5) is 25.9. The lowest BCUT2D eigenvalue weighted by Gasteiger charge is -2.32. The first kappa shape index (κ1) is 18.1. The van der Waals surface area contributed by atoms with Crippen molar-refractivity contribution in [2.75, 3.05) is 19.7 Å². The van der Waals surface area contributed by atoms with Gasteiger partial charge in [0.05, 0.1) is 6.61 Å². The largest absolute Gasteiger partial charge is 0.493 e. The van der Waals surface area contributed by atoms with Crippen LogP contribution in [0.5, 0.6) is 5.75 Å². The van der Waals surface area contributed by atoms with E-state index in [-0.39, 0.29) is 23.4 Å². The summed E-state index contributed by atoms with van der Waals surface area (Å²) in [7, 11) is 0. The Hall–Kier alpha value is -2.69. The normalized spacial score (nSPS) is 17.0. The zero-order valence-electron chi connectivity index (χ0n) is 14.8. The maximum Gasteiger partial charge on any atom is 0.253 e. The molecule has 1 aliphatic heterocycles. The number of Topliss-reactive ketones (excluding diaryl/α,β-unsaturated/α-hetero) is 1. The summed E-state index contributed by atoms with van der Waals surface area (Å²) < 4.78 is 18.7. The van der Waals surface area contributed by atoms with Gasteiger partial charge in [0.15, 0.2) is 5.78 Å². The van der Waals surface area contributed by atoms with Gasteiger partial charge in [0, 0.05) is 30.1 Å². The Kier molecular flexibility index (Phi) is 5.66. The van der Waals surface area contributed by atoms with Crippen LogP contribution in [0.4, 0.5) is 4.39 Å². The van der Waals surface area contributed by atoms with Gasteiger partial charge in [-0.1, -0.05) is 12.1 Å². The van der Waals surface area contributed by atoms with Gasteiger partial charge in [-0.2, -0.15) is 0 Å². The van der Waals surface area contributed by atoms with Crippen LogP contribution in [0.2, 0.25) is 0 Å². The highest BCUT2D eigenvalue weighted by molar-refractivity contribution is 5.97. The second-order valence-corrected chi connectivity index (χ2v) is 6.66. The number of piperidine rings is 1. The Morgan fingerprint density at radius 2 is 1.73 bits per heavy atom. The summed E-state index contributed by atoms with van der Waals surface area (Å²) in [5, 5.41) is 0. The second-order valence-electron chi connectivity index (χ2n) is 6.66. The van der Waals surface area contributed by atoms with Crippen LogP contribution < -0.4 is 4.74 Å². The van der Waals surface area contributed by atoms with E-state index in [2.05, 4.69) is 0 Å². The zero-order valence-corrected chi connectivity index (χ0v) is 14.8. The number of amides is 1. The van der Waals surface area contributed by atoms with Gasteiger partial charge < -0.3 is 9.64 Å². The van der Waals surface area contributed by atoms with E-state index < -0.39 is 0 Å². The molecule has 26 heavy (non-hydrogen) atoms. The number of carbonyl (C=O) groups is 2. The van der Waals surface area contributed by atoms with E-state index in [1.165, 1.54) is 19.1 Å². The standard InChI is InChI=1S/C21H22FNO3/c1-15(24)17-4-6-18(7-5-17)21(25)23-12-2-3-16(13-23)14-26-20-10-8-19(22)9-11-20/h4-11,16H,2-3,12-14H2,1H3/t16-/m0/s1. The van der Waals surface area contributed by atoms with Gasteiger partial charge in [0.2, 0.25) is 0 Å². The monoisotopic (exact) mass is 355 g/mol. The molecular weight excluding hydrogens is 333 g/mol. The minimum Gasteiger partial charge on any atom is -0.493 e. The van der Waals surface area contributed by atoms with Crippen LogP contribution in [-0.2, 0) is 0 Å². The van der Waals surface area contributed by atoms with Crippen LogP contribution in [0.15, 0.2) is 48.5 Å². The fourth-order valence-electron chi connectivity index (χ4n) is 3.16. The molecule has 0 N–H and O–H groups in total. The van der Waals surface area contributed by atoms with Crippen LogP contribution >= 0.6 is 0 Å². The molecule has 2 aromatic carbocycles. The molecule has 0 saturated carbocycles. The molecule has 2 aromatic rings. The topological polar surface area (TPSA) is 46.6 Å². The predicted octanol–water partition coefficient (Wildman–Crippen LogP) is 3.96. The number of hydrogen-bond acceptors (Lipinski definition) is 3. The molecule has 3 rings (SSSR count). The number of nitrogens with zero attached hydrogens (tertiary/aromatic N) is 1. The van der Waals surface area contributed by atoms with Crippen molar-refractivity contribution >= 4 is 11.7 Å². The van der Waals surface area contributed by atoms with Crippen molar-refractivity contribution in [3.05, 3.63) is 65.5 Å². The summed E-state index contributed by atoms with van der Waals surface area (Å²) in [5.41, 5.74) is 1.20.